The second-order valence-electron chi connectivity index (χ2n) is 4.74. The second kappa shape index (κ2) is 7.78. The molecule has 0 aliphatic carbocycles. The summed E-state index contributed by atoms with van der Waals surface area (Å²) in [5.41, 5.74) is 0.134. The highest BCUT2D eigenvalue weighted by Gasteiger charge is 2.16. The normalized spacial score (nSPS) is 11.1. The third-order valence-electron chi connectivity index (χ3n) is 2.87. The third-order valence-corrected chi connectivity index (χ3v) is 3.19. The maximum Gasteiger partial charge on any atom is 0.305 e. The molecule has 0 saturated heterocycles. The Morgan fingerprint density at radius 2 is 2.10 bits per heavy atom. The molecular formula is C15H17ClFNO3. The molecule has 0 aliphatic rings. The van der Waals surface area contributed by atoms with Crippen LogP contribution in [-0.2, 0) is 9.59 Å². The van der Waals surface area contributed by atoms with Gasteiger partial charge in [-0.25, -0.2) is 4.39 Å². The molecule has 0 aliphatic heterocycles. The van der Waals surface area contributed by atoms with Crippen molar-refractivity contribution in [2.45, 2.75) is 26.3 Å². The van der Waals surface area contributed by atoms with E-state index in [9.17, 15) is 14.0 Å². The van der Waals surface area contributed by atoms with Crippen LogP contribution in [0.5, 0.6) is 0 Å². The van der Waals surface area contributed by atoms with Gasteiger partial charge in [-0.2, -0.15) is 0 Å². The number of carbonyl (C=O) groups excluding carboxylic acids is 1. The average Bonchev–Trinajstić information content (AvgIpc) is 2.37. The van der Waals surface area contributed by atoms with E-state index in [1.165, 1.54) is 35.3 Å². The first kappa shape index (κ1) is 17.2. The molecule has 6 heteroatoms. The van der Waals surface area contributed by atoms with Crippen molar-refractivity contribution in [3.8, 4) is 0 Å². The summed E-state index contributed by atoms with van der Waals surface area (Å²) >= 11 is 5.86. The number of carboxylic acids is 1. The van der Waals surface area contributed by atoms with Crippen LogP contribution >= 0.6 is 11.6 Å². The van der Waals surface area contributed by atoms with Gasteiger partial charge in [0, 0.05) is 24.2 Å². The molecular weight excluding hydrogens is 297 g/mol. The SMILES string of the molecule is CC(C)N(CCC(=O)O)C(=O)/C=C/c1c(F)cccc1Cl. The summed E-state index contributed by atoms with van der Waals surface area (Å²) in [5, 5.41) is 8.89. The van der Waals surface area contributed by atoms with Gasteiger partial charge in [0.25, 0.3) is 0 Å². The summed E-state index contributed by atoms with van der Waals surface area (Å²) in [6.45, 7) is 3.66. The first-order chi connectivity index (χ1) is 9.82. The van der Waals surface area contributed by atoms with Crippen LogP contribution in [0.15, 0.2) is 24.3 Å². The lowest BCUT2D eigenvalue weighted by atomic mass is 10.2. The Hall–Kier alpha value is -1.88. The minimum atomic E-state index is -0.977. The number of carboxylic acid groups (broad SMARTS) is 1. The van der Waals surface area contributed by atoms with E-state index in [1.54, 1.807) is 13.8 Å². The van der Waals surface area contributed by atoms with Crippen LogP contribution in [0.1, 0.15) is 25.8 Å². The minimum Gasteiger partial charge on any atom is -0.481 e. The molecule has 21 heavy (non-hydrogen) atoms. The fourth-order valence-corrected chi connectivity index (χ4v) is 1.99. The van der Waals surface area contributed by atoms with E-state index in [0.717, 1.165) is 0 Å². The second-order valence-corrected chi connectivity index (χ2v) is 5.14. The third kappa shape index (κ3) is 5.19. The van der Waals surface area contributed by atoms with Crippen molar-refractivity contribution in [2.75, 3.05) is 6.54 Å². The van der Waals surface area contributed by atoms with Gasteiger partial charge in [-0.05, 0) is 32.1 Å². The zero-order valence-corrected chi connectivity index (χ0v) is 12.6. The number of benzene rings is 1. The molecule has 0 fully saturated rings. The molecule has 114 valence electrons. The Morgan fingerprint density at radius 3 is 2.62 bits per heavy atom. The van der Waals surface area contributed by atoms with Gasteiger partial charge >= 0.3 is 5.97 Å². The molecule has 1 rings (SSSR count). The molecule has 0 heterocycles. The van der Waals surface area contributed by atoms with Crippen molar-refractivity contribution in [1.82, 2.24) is 4.90 Å². The largest absolute Gasteiger partial charge is 0.481 e. The Bertz CT molecular complexity index is 538. The molecule has 1 aromatic rings. The monoisotopic (exact) mass is 313 g/mol. The van der Waals surface area contributed by atoms with Gasteiger partial charge in [-0.1, -0.05) is 17.7 Å². The number of halogens is 2. The standard InChI is InChI=1S/C15H17ClFNO3/c1-10(2)18(9-8-15(20)21)14(19)7-6-11-12(16)4-3-5-13(11)17/h3-7,10H,8-9H2,1-2H3,(H,20,21)/b7-6+. The Balaban J connectivity index is 2.86. The van der Waals surface area contributed by atoms with Crippen LogP contribution in [0.25, 0.3) is 6.08 Å². The lowest BCUT2D eigenvalue weighted by Gasteiger charge is -2.24. The number of hydrogen-bond acceptors (Lipinski definition) is 2. The van der Waals surface area contributed by atoms with Gasteiger partial charge < -0.3 is 10.0 Å². The fourth-order valence-electron chi connectivity index (χ4n) is 1.76. The zero-order chi connectivity index (χ0) is 16.0. The summed E-state index contributed by atoms with van der Waals surface area (Å²) < 4.78 is 13.6. The summed E-state index contributed by atoms with van der Waals surface area (Å²) in [5.74, 6) is -1.88. The van der Waals surface area contributed by atoms with Gasteiger partial charge in [0.1, 0.15) is 5.82 Å². The van der Waals surface area contributed by atoms with Crippen LogP contribution in [0.2, 0.25) is 5.02 Å². The van der Waals surface area contributed by atoms with Gasteiger partial charge in [0.05, 0.1) is 11.4 Å². The molecule has 1 amide bonds. The van der Waals surface area contributed by atoms with Gasteiger partial charge in [0.2, 0.25) is 5.91 Å². The predicted molar refractivity (Wildman–Crippen MR) is 79.5 cm³/mol. The van der Waals surface area contributed by atoms with Crippen molar-refractivity contribution in [3.63, 3.8) is 0 Å². The van der Waals surface area contributed by atoms with Crippen molar-refractivity contribution in [2.24, 2.45) is 0 Å². The smallest absolute Gasteiger partial charge is 0.305 e. The minimum absolute atomic E-state index is 0.0984. The number of rotatable bonds is 6. The van der Waals surface area contributed by atoms with Gasteiger partial charge in [-0.15, -0.1) is 0 Å². The molecule has 0 atom stereocenters. The first-order valence-electron chi connectivity index (χ1n) is 6.47. The van der Waals surface area contributed by atoms with E-state index in [-0.39, 0.29) is 35.5 Å². The van der Waals surface area contributed by atoms with Gasteiger partial charge in [0.15, 0.2) is 0 Å². The maximum atomic E-state index is 13.6. The predicted octanol–water partition coefficient (Wildman–Crippen LogP) is 3.20. The summed E-state index contributed by atoms with van der Waals surface area (Å²) in [7, 11) is 0. The molecule has 0 unspecified atom stereocenters. The van der Waals surface area contributed by atoms with E-state index in [2.05, 4.69) is 0 Å². The van der Waals surface area contributed by atoms with E-state index in [4.69, 9.17) is 16.7 Å². The molecule has 1 aromatic carbocycles. The molecule has 0 bridgehead atoms. The highest BCUT2D eigenvalue weighted by atomic mass is 35.5. The number of hydrogen-bond donors (Lipinski definition) is 1. The van der Waals surface area contributed by atoms with Crippen LogP contribution < -0.4 is 0 Å². The molecule has 0 saturated carbocycles. The van der Waals surface area contributed by atoms with E-state index < -0.39 is 11.8 Å². The number of aliphatic carboxylic acids is 1. The molecule has 1 N–H and O–H groups in total. The number of carbonyl (C=O) groups is 2. The Morgan fingerprint density at radius 1 is 1.43 bits per heavy atom. The lowest BCUT2D eigenvalue weighted by Crippen LogP contribution is -2.37. The molecule has 0 radical (unpaired) electrons. The van der Waals surface area contributed by atoms with Crippen molar-refractivity contribution < 1.29 is 19.1 Å². The highest BCUT2D eigenvalue weighted by Crippen LogP contribution is 2.20. The summed E-state index contributed by atoms with van der Waals surface area (Å²) in [6, 6.07) is 4.10. The van der Waals surface area contributed by atoms with E-state index in [1.807, 2.05) is 0 Å². The van der Waals surface area contributed by atoms with Crippen molar-refractivity contribution in [3.05, 3.63) is 40.7 Å². The molecule has 4 nitrogen and oxygen atoms in total. The Labute approximate surface area is 127 Å². The first-order valence-corrected chi connectivity index (χ1v) is 6.85. The van der Waals surface area contributed by atoms with Crippen molar-refractivity contribution >= 4 is 29.6 Å². The lowest BCUT2D eigenvalue weighted by molar-refractivity contribution is -0.138. The average molecular weight is 314 g/mol. The van der Waals surface area contributed by atoms with E-state index in [0.29, 0.717) is 0 Å². The summed E-state index contributed by atoms with van der Waals surface area (Å²) in [6.07, 6.45) is 2.36. The summed E-state index contributed by atoms with van der Waals surface area (Å²) in [4.78, 5) is 24.1. The van der Waals surface area contributed by atoms with Crippen LogP contribution in [0, 0.1) is 5.82 Å². The van der Waals surface area contributed by atoms with Crippen LogP contribution in [0.3, 0.4) is 0 Å². The number of amides is 1. The Kier molecular flexibility index (Phi) is 6.37. The zero-order valence-electron chi connectivity index (χ0n) is 11.8. The van der Waals surface area contributed by atoms with Crippen LogP contribution in [-0.4, -0.2) is 34.5 Å². The van der Waals surface area contributed by atoms with Crippen LogP contribution in [0.4, 0.5) is 4.39 Å². The fraction of sp³-hybridized carbons (Fsp3) is 0.333. The molecule has 0 aromatic heterocycles. The maximum absolute atomic E-state index is 13.6. The van der Waals surface area contributed by atoms with Gasteiger partial charge in [-0.3, -0.25) is 9.59 Å². The quantitative estimate of drug-likeness (QED) is 0.820. The van der Waals surface area contributed by atoms with Crippen molar-refractivity contribution in [1.29, 1.82) is 0 Å². The molecule has 0 spiro atoms. The topological polar surface area (TPSA) is 57.6 Å². The highest BCUT2D eigenvalue weighted by molar-refractivity contribution is 6.32. The number of nitrogens with zero attached hydrogens (tertiary/aromatic N) is 1. The van der Waals surface area contributed by atoms with E-state index >= 15 is 0 Å².